The molecule has 2 aromatic carbocycles. The quantitative estimate of drug-likeness (QED) is 0.800. The van der Waals surface area contributed by atoms with Crippen molar-refractivity contribution in [3.8, 4) is 0 Å². The topological polar surface area (TPSA) is 62.6 Å². The van der Waals surface area contributed by atoms with Crippen LogP contribution in [0.2, 0.25) is 0 Å². The van der Waals surface area contributed by atoms with Crippen molar-refractivity contribution in [1.82, 2.24) is 4.90 Å². The number of fused-ring (bicyclic) bond motifs is 1. The number of anilines is 1. The molecule has 122 valence electrons. The van der Waals surface area contributed by atoms with Gasteiger partial charge in [-0.1, -0.05) is 18.2 Å². The predicted octanol–water partition coefficient (Wildman–Crippen LogP) is 3.70. The van der Waals surface area contributed by atoms with Crippen LogP contribution in [0.4, 0.5) is 5.69 Å². The minimum atomic E-state index is -0.310. The molecule has 1 heterocycles. The fraction of sp³-hybridized carbons (Fsp3) is 0.158. The molecule has 0 saturated carbocycles. The van der Waals surface area contributed by atoms with Gasteiger partial charge in [-0.3, -0.25) is 9.59 Å². The smallest absolute Gasteiger partial charge is 0.291 e. The largest absolute Gasteiger partial charge is 0.451 e. The van der Waals surface area contributed by atoms with Gasteiger partial charge in [-0.2, -0.15) is 0 Å². The van der Waals surface area contributed by atoms with Gasteiger partial charge in [0.25, 0.3) is 11.8 Å². The van der Waals surface area contributed by atoms with Gasteiger partial charge in [0.15, 0.2) is 5.76 Å². The van der Waals surface area contributed by atoms with Crippen LogP contribution >= 0.6 is 0 Å². The Bertz CT molecular complexity index is 908. The first-order chi connectivity index (χ1) is 11.5. The molecular formula is C19H18N2O3. The van der Waals surface area contributed by atoms with Gasteiger partial charge < -0.3 is 14.6 Å². The number of amides is 2. The SMILES string of the molecule is Cc1c(C(=O)Nc2ccc(C(=O)N(C)C)cc2)oc2ccccc12. The number of para-hydroxylation sites is 1. The van der Waals surface area contributed by atoms with Crippen molar-refractivity contribution in [2.45, 2.75) is 6.92 Å². The van der Waals surface area contributed by atoms with Crippen LogP contribution in [0.25, 0.3) is 11.0 Å². The first-order valence-corrected chi connectivity index (χ1v) is 7.58. The Kier molecular flexibility index (Phi) is 4.08. The van der Waals surface area contributed by atoms with E-state index in [2.05, 4.69) is 5.32 Å². The van der Waals surface area contributed by atoms with Gasteiger partial charge in [-0.25, -0.2) is 0 Å². The maximum absolute atomic E-state index is 12.5. The predicted molar refractivity (Wildman–Crippen MR) is 93.4 cm³/mol. The Morgan fingerprint density at radius 2 is 1.67 bits per heavy atom. The average Bonchev–Trinajstić information content (AvgIpc) is 2.92. The zero-order valence-electron chi connectivity index (χ0n) is 13.8. The summed E-state index contributed by atoms with van der Waals surface area (Å²) < 4.78 is 5.65. The Labute approximate surface area is 139 Å². The first-order valence-electron chi connectivity index (χ1n) is 7.58. The van der Waals surface area contributed by atoms with Crippen molar-refractivity contribution in [3.05, 3.63) is 65.4 Å². The monoisotopic (exact) mass is 322 g/mol. The highest BCUT2D eigenvalue weighted by Gasteiger charge is 2.17. The summed E-state index contributed by atoms with van der Waals surface area (Å²) in [5.41, 5.74) is 2.67. The molecule has 3 aromatic rings. The second-order valence-electron chi connectivity index (χ2n) is 5.78. The molecule has 0 fully saturated rings. The highest BCUT2D eigenvalue weighted by Crippen LogP contribution is 2.25. The number of carbonyl (C=O) groups excluding carboxylic acids is 2. The molecule has 0 spiro atoms. The Balaban J connectivity index is 1.81. The molecule has 0 aliphatic heterocycles. The van der Waals surface area contributed by atoms with Crippen molar-refractivity contribution in [3.63, 3.8) is 0 Å². The summed E-state index contributed by atoms with van der Waals surface area (Å²) in [5, 5.41) is 3.72. The van der Waals surface area contributed by atoms with Crippen molar-refractivity contribution < 1.29 is 14.0 Å². The number of furan rings is 1. The van der Waals surface area contributed by atoms with Crippen LogP contribution in [0.5, 0.6) is 0 Å². The molecule has 2 amide bonds. The molecule has 1 N–H and O–H groups in total. The summed E-state index contributed by atoms with van der Waals surface area (Å²) >= 11 is 0. The third-order valence-electron chi connectivity index (χ3n) is 3.85. The van der Waals surface area contributed by atoms with Gasteiger partial charge in [0, 0.05) is 36.3 Å². The molecule has 0 radical (unpaired) electrons. The minimum Gasteiger partial charge on any atom is -0.451 e. The highest BCUT2D eigenvalue weighted by atomic mass is 16.3. The van der Waals surface area contributed by atoms with Gasteiger partial charge in [0.05, 0.1) is 0 Å². The van der Waals surface area contributed by atoms with E-state index < -0.39 is 0 Å². The van der Waals surface area contributed by atoms with E-state index in [0.29, 0.717) is 22.6 Å². The summed E-state index contributed by atoms with van der Waals surface area (Å²) in [7, 11) is 3.39. The molecule has 5 heteroatoms. The Morgan fingerprint density at radius 3 is 2.29 bits per heavy atom. The summed E-state index contributed by atoms with van der Waals surface area (Å²) in [4.78, 5) is 25.8. The molecule has 24 heavy (non-hydrogen) atoms. The number of nitrogens with one attached hydrogen (secondary N) is 1. The van der Waals surface area contributed by atoms with Crippen LogP contribution in [0.1, 0.15) is 26.5 Å². The van der Waals surface area contributed by atoms with Crippen LogP contribution in [-0.2, 0) is 0 Å². The van der Waals surface area contributed by atoms with Crippen molar-refractivity contribution >= 4 is 28.5 Å². The molecule has 3 rings (SSSR count). The lowest BCUT2D eigenvalue weighted by Crippen LogP contribution is -2.21. The first kappa shape index (κ1) is 15.8. The molecule has 0 saturated heterocycles. The Morgan fingerprint density at radius 1 is 1.00 bits per heavy atom. The molecule has 0 bridgehead atoms. The average molecular weight is 322 g/mol. The van der Waals surface area contributed by atoms with E-state index in [9.17, 15) is 9.59 Å². The number of hydrogen-bond donors (Lipinski definition) is 1. The highest BCUT2D eigenvalue weighted by molar-refractivity contribution is 6.06. The van der Waals surface area contributed by atoms with Crippen LogP contribution < -0.4 is 5.32 Å². The summed E-state index contributed by atoms with van der Waals surface area (Å²) in [6.07, 6.45) is 0. The van der Waals surface area contributed by atoms with Crippen molar-refractivity contribution in [1.29, 1.82) is 0 Å². The molecule has 0 aliphatic rings. The van der Waals surface area contributed by atoms with Gasteiger partial charge in [0.1, 0.15) is 5.58 Å². The normalized spacial score (nSPS) is 10.6. The molecular weight excluding hydrogens is 304 g/mol. The van der Waals surface area contributed by atoms with Gasteiger partial charge in [-0.15, -0.1) is 0 Å². The number of nitrogens with zero attached hydrogens (tertiary/aromatic N) is 1. The zero-order valence-corrected chi connectivity index (χ0v) is 13.8. The van der Waals surface area contributed by atoms with E-state index in [1.807, 2.05) is 31.2 Å². The van der Waals surface area contributed by atoms with Gasteiger partial charge >= 0.3 is 0 Å². The van der Waals surface area contributed by atoms with Crippen LogP contribution in [0, 0.1) is 6.92 Å². The fourth-order valence-corrected chi connectivity index (χ4v) is 2.53. The number of benzene rings is 2. The number of aryl methyl sites for hydroxylation is 1. The number of rotatable bonds is 3. The van der Waals surface area contributed by atoms with Crippen LogP contribution in [0.15, 0.2) is 52.9 Å². The molecule has 0 aliphatic carbocycles. The van der Waals surface area contributed by atoms with E-state index in [0.717, 1.165) is 10.9 Å². The number of carbonyl (C=O) groups is 2. The summed E-state index contributed by atoms with van der Waals surface area (Å²) in [5.74, 6) is -0.0963. The standard InChI is InChI=1S/C19H18N2O3/c1-12-15-6-4-5-7-16(15)24-17(12)18(22)20-14-10-8-13(9-11-14)19(23)21(2)3/h4-11H,1-3H3,(H,20,22). The van der Waals surface area contributed by atoms with Crippen molar-refractivity contribution in [2.75, 3.05) is 19.4 Å². The Hall–Kier alpha value is -3.08. The fourth-order valence-electron chi connectivity index (χ4n) is 2.53. The van der Waals surface area contributed by atoms with E-state index in [1.54, 1.807) is 38.4 Å². The maximum Gasteiger partial charge on any atom is 0.291 e. The number of hydrogen-bond acceptors (Lipinski definition) is 3. The second-order valence-corrected chi connectivity index (χ2v) is 5.78. The molecule has 0 atom stereocenters. The van der Waals surface area contributed by atoms with E-state index in [-0.39, 0.29) is 11.8 Å². The second kappa shape index (κ2) is 6.20. The lowest BCUT2D eigenvalue weighted by molar-refractivity contribution is 0.0827. The van der Waals surface area contributed by atoms with Crippen LogP contribution in [-0.4, -0.2) is 30.8 Å². The lowest BCUT2D eigenvalue weighted by Gasteiger charge is -2.10. The molecule has 0 unspecified atom stereocenters. The van der Waals surface area contributed by atoms with Crippen LogP contribution in [0.3, 0.4) is 0 Å². The third kappa shape index (κ3) is 2.88. The van der Waals surface area contributed by atoms with E-state index in [4.69, 9.17) is 4.42 Å². The minimum absolute atomic E-state index is 0.0824. The summed E-state index contributed by atoms with van der Waals surface area (Å²) in [6, 6.07) is 14.3. The van der Waals surface area contributed by atoms with Gasteiger partial charge in [0.2, 0.25) is 0 Å². The lowest BCUT2D eigenvalue weighted by atomic mass is 10.1. The molecule has 5 nitrogen and oxygen atoms in total. The summed E-state index contributed by atoms with van der Waals surface area (Å²) in [6.45, 7) is 1.86. The van der Waals surface area contributed by atoms with Gasteiger partial charge in [-0.05, 0) is 37.3 Å². The molecule has 1 aromatic heterocycles. The van der Waals surface area contributed by atoms with Crippen molar-refractivity contribution in [2.24, 2.45) is 0 Å². The zero-order chi connectivity index (χ0) is 17.3. The maximum atomic E-state index is 12.5. The third-order valence-corrected chi connectivity index (χ3v) is 3.85. The van der Waals surface area contributed by atoms with E-state index in [1.165, 1.54) is 4.90 Å². The van der Waals surface area contributed by atoms with E-state index >= 15 is 0 Å².